The van der Waals surface area contributed by atoms with E-state index in [2.05, 4.69) is 15.3 Å². The Morgan fingerprint density at radius 2 is 2.13 bits per heavy atom. The van der Waals surface area contributed by atoms with Crippen LogP contribution in [0.4, 0.5) is 4.39 Å². The Hall–Kier alpha value is -2.54. The number of H-pyrrole nitrogens is 1. The number of nitrogens with one attached hydrogen (secondary N) is 2. The van der Waals surface area contributed by atoms with Gasteiger partial charge in [0.05, 0.1) is 12.2 Å². The molecule has 7 heteroatoms. The summed E-state index contributed by atoms with van der Waals surface area (Å²) in [7, 11) is 3.48. The average molecular weight is 318 g/mol. The van der Waals surface area contributed by atoms with Crippen molar-refractivity contribution in [3.63, 3.8) is 0 Å². The number of hydrogen-bond acceptors (Lipinski definition) is 4. The van der Waals surface area contributed by atoms with E-state index in [4.69, 9.17) is 0 Å². The summed E-state index contributed by atoms with van der Waals surface area (Å²) in [5.41, 5.74) is 0.759. The van der Waals surface area contributed by atoms with Crippen LogP contribution in [0.3, 0.4) is 0 Å². The van der Waals surface area contributed by atoms with Gasteiger partial charge < -0.3 is 10.3 Å². The van der Waals surface area contributed by atoms with E-state index in [0.717, 1.165) is 0 Å². The lowest BCUT2D eigenvalue weighted by Gasteiger charge is -2.23. The number of hydrogen-bond donors (Lipinski definition) is 2. The maximum absolute atomic E-state index is 13.4. The van der Waals surface area contributed by atoms with Crippen LogP contribution in [0, 0.1) is 12.7 Å². The van der Waals surface area contributed by atoms with Crippen molar-refractivity contribution >= 4 is 5.91 Å². The molecule has 0 saturated heterocycles. The van der Waals surface area contributed by atoms with Crippen molar-refractivity contribution in [2.24, 2.45) is 0 Å². The molecule has 1 atom stereocenters. The van der Waals surface area contributed by atoms with E-state index in [0.29, 0.717) is 17.1 Å². The molecule has 23 heavy (non-hydrogen) atoms. The number of aromatic amines is 1. The minimum atomic E-state index is -0.631. The maximum atomic E-state index is 13.4. The van der Waals surface area contributed by atoms with E-state index < -0.39 is 11.9 Å². The predicted molar refractivity (Wildman–Crippen MR) is 84.3 cm³/mol. The summed E-state index contributed by atoms with van der Waals surface area (Å²) < 4.78 is 13.4. The summed E-state index contributed by atoms with van der Waals surface area (Å²) in [5.74, 6) is -0.203. The number of aryl methyl sites for hydroxylation is 1. The molecule has 6 nitrogen and oxygen atoms in total. The first-order valence-corrected chi connectivity index (χ1v) is 7.13. The molecule has 2 aromatic rings. The third-order valence-corrected chi connectivity index (χ3v) is 3.29. The zero-order chi connectivity index (χ0) is 17.0. The van der Waals surface area contributed by atoms with Gasteiger partial charge in [-0.05, 0) is 38.7 Å². The van der Waals surface area contributed by atoms with Gasteiger partial charge in [-0.25, -0.2) is 9.37 Å². The Kier molecular flexibility index (Phi) is 5.23. The van der Waals surface area contributed by atoms with E-state index in [1.54, 1.807) is 38.1 Å². The van der Waals surface area contributed by atoms with Crippen molar-refractivity contribution in [1.29, 1.82) is 0 Å². The van der Waals surface area contributed by atoms with Gasteiger partial charge in [0.15, 0.2) is 0 Å². The molecule has 0 saturated carbocycles. The number of benzene rings is 1. The maximum Gasteiger partial charge on any atom is 0.251 e. The van der Waals surface area contributed by atoms with Crippen molar-refractivity contribution in [2.45, 2.75) is 19.5 Å². The van der Waals surface area contributed by atoms with E-state index in [1.807, 2.05) is 0 Å². The molecule has 122 valence electrons. The molecule has 1 heterocycles. The third-order valence-electron chi connectivity index (χ3n) is 3.29. The molecule has 0 fully saturated rings. The van der Waals surface area contributed by atoms with Gasteiger partial charge in [-0.3, -0.25) is 14.5 Å². The fourth-order valence-electron chi connectivity index (χ4n) is 2.37. The number of rotatable bonds is 5. The number of carbonyl (C=O) groups is 1. The molecule has 1 aromatic heterocycles. The van der Waals surface area contributed by atoms with Crippen molar-refractivity contribution < 1.29 is 9.18 Å². The third kappa shape index (κ3) is 4.46. The monoisotopic (exact) mass is 318 g/mol. The van der Waals surface area contributed by atoms with Crippen LogP contribution >= 0.6 is 0 Å². The number of amides is 1. The van der Waals surface area contributed by atoms with Crippen molar-refractivity contribution in [3.8, 4) is 0 Å². The molecule has 0 aliphatic carbocycles. The van der Waals surface area contributed by atoms with Crippen molar-refractivity contribution in [3.05, 3.63) is 63.6 Å². The van der Waals surface area contributed by atoms with Gasteiger partial charge in [-0.2, -0.15) is 0 Å². The number of nitrogens with zero attached hydrogens (tertiary/aromatic N) is 2. The largest absolute Gasteiger partial charge is 0.349 e. The summed E-state index contributed by atoms with van der Waals surface area (Å²) in [6.45, 7) is 1.80. The molecule has 2 N–H and O–H groups in total. The van der Waals surface area contributed by atoms with Crippen LogP contribution in [0.15, 0.2) is 35.1 Å². The lowest BCUT2D eigenvalue weighted by molar-refractivity contribution is -0.126. The number of likely N-dealkylation sites (N-methyl/N-ethyl adjacent to an activating group) is 1. The predicted octanol–water partition coefficient (Wildman–Crippen LogP) is 1.14. The van der Waals surface area contributed by atoms with E-state index >= 15 is 0 Å². The minimum absolute atomic E-state index is 0.128. The van der Waals surface area contributed by atoms with E-state index in [-0.39, 0.29) is 18.0 Å². The summed E-state index contributed by atoms with van der Waals surface area (Å²) in [5, 5.41) is 2.73. The lowest BCUT2D eigenvalue weighted by Crippen LogP contribution is -2.37. The molecule has 2 rings (SSSR count). The normalized spacial score (nSPS) is 12.2. The zero-order valence-corrected chi connectivity index (χ0v) is 13.3. The highest BCUT2D eigenvalue weighted by atomic mass is 19.1. The second-order valence-electron chi connectivity index (χ2n) is 5.46. The molecular formula is C16H19FN4O2. The Morgan fingerprint density at radius 1 is 1.39 bits per heavy atom. The molecule has 0 radical (unpaired) electrons. The van der Waals surface area contributed by atoms with Gasteiger partial charge in [-0.1, -0.05) is 12.1 Å². The highest BCUT2D eigenvalue weighted by molar-refractivity contribution is 5.83. The van der Waals surface area contributed by atoms with Gasteiger partial charge in [0, 0.05) is 6.07 Å². The first-order chi connectivity index (χ1) is 10.9. The first kappa shape index (κ1) is 16.8. The van der Waals surface area contributed by atoms with Gasteiger partial charge in [-0.15, -0.1) is 0 Å². The first-order valence-electron chi connectivity index (χ1n) is 7.13. The molecule has 1 aromatic carbocycles. The zero-order valence-electron chi connectivity index (χ0n) is 13.3. The van der Waals surface area contributed by atoms with Crippen LogP contribution < -0.4 is 10.9 Å². The van der Waals surface area contributed by atoms with Gasteiger partial charge in [0.1, 0.15) is 17.7 Å². The average Bonchev–Trinajstić information content (AvgIpc) is 2.44. The van der Waals surface area contributed by atoms with E-state index in [1.165, 1.54) is 18.2 Å². The Morgan fingerprint density at radius 3 is 2.74 bits per heavy atom. The topological polar surface area (TPSA) is 78.1 Å². The molecular weight excluding hydrogens is 299 g/mol. The highest BCUT2D eigenvalue weighted by Crippen LogP contribution is 2.19. The van der Waals surface area contributed by atoms with E-state index in [9.17, 15) is 14.0 Å². The van der Waals surface area contributed by atoms with Crippen LogP contribution in [0.25, 0.3) is 0 Å². The summed E-state index contributed by atoms with van der Waals surface area (Å²) in [6, 6.07) is 6.63. The summed E-state index contributed by atoms with van der Waals surface area (Å²) in [6.07, 6.45) is 0. The smallest absolute Gasteiger partial charge is 0.251 e. The van der Waals surface area contributed by atoms with Gasteiger partial charge in [0.2, 0.25) is 5.91 Å². The number of aromatic nitrogens is 2. The SMILES string of the molecule is Cc1nc(CNC(=O)[C@H](c2cccc(F)c2)N(C)C)cc(=O)[nH]1. The summed E-state index contributed by atoms with van der Waals surface area (Å²) in [4.78, 5) is 32.2. The number of carbonyl (C=O) groups excluding carboxylic acids is 1. The Labute approximate surface area is 133 Å². The fraction of sp³-hybridized carbons (Fsp3) is 0.312. The van der Waals surface area contributed by atoms with Gasteiger partial charge in [0.25, 0.3) is 5.56 Å². The molecule has 0 aliphatic rings. The fourth-order valence-corrected chi connectivity index (χ4v) is 2.37. The lowest BCUT2D eigenvalue weighted by atomic mass is 10.1. The quantitative estimate of drug-likeness (QED) is 0.866. The molecule has 0 bridgehead atoms. The molecule has 0 unspecified atom stereocenters. The van der Waals surface area contributed by atoms with Crippen LogP contribution in [-0.4, -0.2) is 34.9 Å². The van der Waals surface area contributed by atoms with Crippen LogP contribution in [-0.2, 0) is 11.3 Å². The minimum Gasteiger partial charge on any atom is -0.349 e. The van der Waals surface area contributed by atoms with Crippen LogP contribution in [0.1, 0.15) is 23.1 Å². The summed E-state index contributed by atoms with van der Waals surface area (Å²) >= 11 is 0. The second-order valence-corrected chi connectivity index (χ2v) is 5.46. The van der Waals surface area contributed by atoms with Gasteiger partial charge >= 0.3 is 0 Å². The Bertz CT molecular complexity index is 758. The van der Waals surface area contributed by atoms with Crippen LogP contribution in [0.2, 0.25) is 0 Å². The molecule has 0 aliphatic heterocycles. The highest BCUT2D eigenvalue weighted by Gasteiger charge is 2.23. The molecule has 1 amide bonds. The molecule has 0 spiro atoms. The standard InChI is InChI=1S/C16H19FN4O2/c1-10-19-13(8-14(22)20-10)9-18-16(23)15(21(2)3)11-5-4-6-12(17)7-11/h4-8,15H,9H2,1-3H3,(H,18,23)(H,19,20,22)/t15-/m0/s1. The Balaban J connectivity index is 2.14. The van der Waals surface area contributed by atoms with Crippen molar-refractivity contribution in [2.75, 3.05) is 14.1 Å². The number of halogens is 1. The second kappa shape index (κ2) is 7.15. The van der Waals surface area contributed by atoms with Crippen LogP contribution in [0.5, 0.6) is 0 Å². The van der Waals surface area contributed by atoms with Crippen molar-refractivity contribution in [1.82, 2.24) is 20.2 Å².